The minimum Gasteiger partial charge on any atom is -0.259 e. The summed E-state index contributed by atoms with van der Waals surface area (Å²) < 4.78 is 0. The monoisotopic (exact) mass is 151 g/mol. The van der Waals surface area contributed by atoms with Crippen LogP contribution >= 0.6 is 11.6 Å². The molecule has 1 N–H and O–H groups in total. The van der Waals surface area contributed by atoms with Crippen molar-refractivity contribution in [2.45, 2.75) is 0 Å². The van der Waals surface area contributed by atoms with Crippen LogP contribution in [0.5, 0.6) is 0 Å². The summed E-state index contributed by atoms with van der Waals surface area (Å²) in [5.74, 6) is 2.18. The van der Waals surface area contributed by atoms with Crippen LogP contribution in [0.2, 0.25) is 5.02 Å². The van der Waals surface area contributed by atoms with Gasteiger partial charge >= 0.3 is 0 Å². The molecule has 0 fully saturated rings. The quantitative estimate of drug-likeness (QED) is 0.597. The minimum absolute atomic E-state index is 0.684. The van der Waals surface area contributed by atoms with Crippen LogP contribution in [0.25, 0.3) is 6.08 Å². The van der Waals surface area contributed by atoms with Gasteiger partial charge in [0.2, 0.25) is 0 Å². The van der Waals surface area contributed by atoms with Crippen molar-refractivity contribution in [3.8, 4) is 0 Å². The van der Waals surface area contributed by atoms with Crippen molar-refractivity contribution in [3.63, 3.8) is 0 Å². The Balaban J connectivity index is 3.06. The Morgan fingerprint density at radius 2 is 2.30 bits per heavy atom. The van der Waals surface area contributed by atoms with E-state index in [1.807, 2.05) is 12.1 Å². The first-order chi connectivity index (χ1) is 4.83. The van der Waals surface area contributed by atoms with Crippen molar-refractivity contribution in [2.75, 3.05) is 0 Å². The number of benzene rings is 1. The van der Waals surface area contributed by atoms with Crippen LogP contribution in [0.3, 0.4) is 0 Å². The Hall–Kier alpha value is -1.04. The number of hydrogen-bond donors (Lipinski definition) is 1. The third kappa shape index (κ3) is 1.73. The van der Waals surface area contributed by atoms with Gasteiger partial charge < -0.3 is 0 Å². The van der Waals surface area contributed by atoms with Gasteiger partial charge in [0.15, 0.2) is 0 Å². The molecule has 0 radical (unpaired) electrons. The Labute approximate surface area is 64.5 Å². The zero-order valence-corrected chi connectivity index (χ0v) is 6.02. The Kier molecular flexibility index (Phi) is 2.27. The van der Waals surface area contributed by atoms with E-state index in [0.717, 1.165) is 5.56 Å². The maximum Gasteiger partial charge on any atom is 0.0412 e. The lowest BCUT2D eigenvalue weighted by molar-refractivity contribution is 1.59. The van der Waals surface area contributed by atoms with Crippen molar-refractivity contribution in [2.24, 2.45) is 0 Å². The second kappa shape index (κ2) is 3.21. The molecule has 1 nitrogen and oxygen atoms in total. The SMILES string of the molecule is N=C=Cc1cccc(Cl)c1. The maximum atomic E-state index is 6.66. The van der Waals surface area contributed by atoms with Crippen molar-refractivity contribution in [1.29, 1.82) is 5.41 Å². The highest BCUT2D eigenvalue weighted by Crippen LogP contribution is 2.10. The molecule has 0 saturated carbocycles. The summed E-state index contributed by atoms with van der Waals surface area (Å²) in [4.78, 5) is 0. The van der Waals surface area contributed by atoms with Crippen LogP contribution < -0.4 is 0 Å². The highest BCUT2D eigenvalue weighted by atomic mass is 35.5. The summed E-state index contributed by atoms with van der Waals surface area (Å²) in [6.45, 7) is 0. The summed E-state index contributed by atoms with van der Waals surface area (Å²) in [7, 11) is 0. The molecule has 50 valence electrons. The summed E-state index contributed by atoms with van der Waals surface area (Å²) in [6, 6.07) is 7.28. The summed E-state index contributed by atoms with van der Waals surface area (Å²) >= 11 is 5.67. The van der Waals surface area contributed by atoms with Gasteiger partial charge in [-0.25, -0.2) is 0 Å². The Bertz CT molecular complexity index is 274. The van der Waals surface area contributed by atoms with Gasteiger partial charge in [0.25, 0.3) is 0 Å². The second-order valence-corrected chi connectivity index (χ2v) is 2.28. The first kappa shape index (κ1) is 7.07. The van der Waals surface area contributed by atoms with Crippen molar-refractivity contribution < 1.29 is 0 Å². The Morgan fingerprint density at radius 1 is 1.50 bits per heavy atom. The predicted octanol–water partition coefficient (Wildman–Crippen LogP) is 2.60. The third-order valence-electron chi connectivity index (χ3n) is 1.09. The lowest BCUT2D eigenvalue weighted by Crippen LogP contribution is -1.69. The molecular weight excluding hydrogens is 146 g/mol. The molecular formula is C8H6ClN. The van der Waals surface area contributed by atoms with E-state index in [0.29, 0.717) is 5.02 Å². The van der Waals surface area contributed by atoms with Gasteiger partial charge in [-0.15, -0.1) is 0 Å². The molecule has 0 amide bonds. The van der Waals surface area contributed by atoms with Crippen molar-refractivity contribution in [3.05, 3.63) is 34.9 Å². The molecule has 0 aliphatic carbocycles. The van der Waals surface area contributed by atoms with Gasteiger partial charge in [-0.2, -0.15) is 0 Å². The summed E-state index contributed by atoms with van der Waals surface area (Å²) in [6.07, 6.45) is 1.56. The van der Waals surface area contributed by atoms with Gasteiger partial charge in [0, 0.05) is 11.1 Å². The van der Waals surface area contributed by atoms with E-state index >= 15 is 0 Å². The van der Waals surface area contributed by atoms with E-state index in [9.17, 15) is 0 Å². The molecule has 0 unspecified atom stereocenters. The molecule has 1 rings (SSSR count). The van der Waals surface area contributed by atoms with Gasteiger partial charge in [-0.1, -0.05) is 23.7 Å². The van der Waals surface area contributed by atoms with E-state index in [2.05, 4.69) is 5.87 Å². The summed E-state index contributed by atoms with van der Waals surface area (Å²) in [5, 5.41) is 7.35. The van der Waals surface area contributed by atoms with Crippen LogP contribution in [0, 0.1) is 5.41 Å². The molecule has 0 spiro atoms. The van der Waals surface area contributed by atoms with E-state index in [4.69, 9.17) is 17.0 Å². The molecule has 0 bridgehead atoms. The molecule has 0 aliphatic rings. The van der Waals surface area contributed by atoms with E-state index < -0.39 is 0 Å². The van der Waals surface area contributed by atoms with Crippen LogP contribution in [-0.4, -0.2) is 5.87 Å². The average Bonchev–Trinajstić information content (AvgIpc) is 1.88. The smallest absolute Gasteiger partial charge is 0.0412 e. The predicted molar refractivity (Wildman–Crippen MR) is 43.6 cm³/mol. The first-order valence-corrected chi connectivity index (χ1v) is 3.22. The lowest BCUT2D eigenvalue weighted by Gasteiger charge is -1.89. The highest BCUT2D eigenvalue weighted by Gasteiger charge is 1.86. The average molecular weight is 152 g/mol. The fourth-order valence-corrected chi connectivity index (χ4v) is 0.878. The largest absolute Gasteiger partial charge is 0.259 e. The van der Waals surface area contributed by atoms with Gasteiger partial charge in [-0.05, 0) is 23.6 Å². The fraction of sp³-hybridized carbons (Fsp3) is 0. The highest BCUT2D eigenvalue weighted by molar-refractivity contribution is 6.30. The van der Waals surface area contributed by atoms with Crippen molar-refractivity contribution in [1.82, 2.24) is 0 Å². The van der Waals surface area contributed by atoms with E-state index in [1.54, 1.807) is 18.2 Å². The van der Waals surface area contributed by atoms with E-state index in [-0.39, 0.29) is 0 Å². The number of nitrogens with one attached hydrogen (secondary N) is 1. The molecule has 0 aliphatic heterocycles. The van der Waals surface area contributed by atoms with Crippen molar-refractivity contribution >= 4 is 23.5 Å². The number of rotatable bonds is 1. The molecule has 10 heavy (non-hydrogen) atoms. The fourth-order valence-electron chi connectivity index (χ4n) is 0.680. The zero-order chi connectivity index (χ0) is 7.40. The standard InChI is InChI=1S/C8H6ClN/c9-8-3-1-2-7(6-8)4-5-10/h1-4,6,10H. The zero-order valence-electron chi connectivity index (χ0n) is 5.26. The van der Waals surface area contributed by atoms with Gasteiger partial charge in [0.05, 0.1) is 0 Å². The topological polar surface area (TPSA) is 23.9 Å². The second-order valence-electron chi connectivity index (χ2n) is 1.84. The lowest BCUT2D eigenvalue weighted by atomic mass is 10.2. The Morgan fingerprint density at radius 3 is 2.90 bits per heavy atom. The van der Waals surface area contributed by atoms with E-state index in [1.165, 1.54) is 0 Å². The van der Waals surface area contributed by atoms with Crippen LogP contribution in [0.1, 0.15) is 5.56 Å². The number of halogens is 1. The molecule has 0 atom stereocenters. The normalized spacial score (nSPS) is 8.50. The molecule has 2 heteroatoms. The first-order valence-electron chi connectivity index (χ1n) is 2.84. The molecule has 1 aromatic carbocycles. The minimum atomic E-state index is 0.684. The summed E-state index contributed by atoms with van der Waals surface area (Å²) in [5.41, 5.74) is 0.905. The molecule has 0 aromatic heterocycles. The van der Waals surface area contributed by atoms with Crippen LogP contribution in [0.4, 0.5) is 0 Å². The third-order valence-corrected chi connectivity index (χ3v) is 1.32. The molecule has 0 heterocycles. The van der Waals surface area contributed by atoms with Gasteiger partial charge in [0.1, 0.15) is 0 Å². The molecule has 0 saturated heterocycles. The molecule has 1 aromatic rings. The van der Waals surface area contributed by atoms with Gasteiger partial charge in [-0.3, -0.25) is 5.41 Å². The van der Waals surface area contributed by atoms with Crippen LogP contribution in [0.15, 0.2) is 24.3 Å². The van der Waals surface area contributed by atoms with Crippen LogP contribution in [-0.2, 0) is 0 Å². The maximum absolute atomic E-state index is 6.66. The number of hydrogen-bond acceptors (Lipinski definition) is 1.